The van der Waals surface area contributed by atoms with E-state index in [0.717, 1.165) is 22.3 Å². The molecule has 0 aliphatic heterocycles. The first-order chi connectivity index (χ1) is 12.0. The molecule has 1 amide bonds. The first kappa shape index (κ1) is 16.4. The van der Waals surface area contributed by atoms with Crippen molar-refractivity contribution in [1.82, 2.24) is 20.3 Å². The molecular formula is C17H17N5O3. The van der Waals surface area contributed by atoms with Crippen molar-refractivity contribution >= 4 is 28.7 Å². The van der Waals surface area contributed by atoms with Crippen LogP contribution in [-0.2, 0) is 4.79 Å². The average Bonchev–Trinajstić information content (AvgIpc) is 3.04. The number of hydrogen-bond donors (Lipinski definition) is 4. The van der Waals surface area contributed by atoms with Gasteiger partial charge in [-0.15, -0.1) is 0 Å². The number of carboxylic acid groups (broad SMARTS) is 1. The van der Waals surface area contributed by atoms with Gasteiger partial charge in [0, 0.05) is 29.7 Å². The summed E-state index contributed by atoms with van der Waals surface area (Å²) < 4.78 is 0. The third kappa shape index (κ3) is 3.42. The summed E-state index contributed by atoms with van der Waals surface area (Å²) in [4.78, 5) is 34.7. The van der Waals surface area contributed by atoms with Crippen LogP contribution in [0.2, 0.25) is 0 Å². The van der Waals surface area contributed by atoms with Crippen LogP contribution in [0.1, 0.15) is 17.3 Å². The molecule has 0 saturated heterocycles. The number of anilines is 1. The van der Waals surface area contributed by atoms with Gasteiger partial charge in [-0.05, 0) is 37.3 Å². The van der Waals surface area contributed by atoms with Crippen LogP contribution in [0.15, 0.2) is 36.5 Å². The number of hydrogen-bond acceptors (Lipinski definition) is 5. The number of nitrogens with one attached hydrogen (secondary N) is 3. The Bertz CT molecular complexity index is 950. The fourth-order valence-electron chi connectivity index (χ4n) is 2.38. The van der Waals surface area contributed by atoms with Crippen molar-refractivity contribution in [1.29, 1.82) is 0 Å². The smallest absolute Gasteiger partial charge is 0.325 e. The standard InChI is InChI=1S/C17H17N5O3/c1-9(16(24)25)20-15(23)10-3-4-12-11(7-10)8-14(21-12)13-5-6-19-17(18-2)22-13/h3-9,21H,1-2H3,(H,20,23)(H,24,25)(H,18,19,22). The van der Waals surface area contributed by atoms with E-state index in [1.807, 2.05) is 6.07 Å². The van der Waals surface area contributed by atoms with Crippen LogP contribution in [0.5, 0.6) is 0 Å². The van der Waals surface area contributed by atoms with Gasteiger partial charge in [0.15, 0.2) is 0 Å². The third-order valence-corrected chi connectivity index (χ3v) is 3.76. The summed E-state index contributed by atoms with van der Waals surface area (Å²) in [6, 6.07) is 7.85. The van der Waals surface area contributed by atoms with E-state index in [0.29, 0.717) is 11.5 Å². The highest BCUT2D eigenvalue weighted by molar-refractivity contribution is 6.00. The molecule has 3 rings (SSSR count). The number of carbonyl (C=O) groups excluding carboxylic acids is 1. The monoisotopic (exact) mass is 339 g/mol. The normalized spacial score (nSPS) is 11.9. The van der Waals surface area contributed by atoms with Gasteiger partial charge in [0.25, 0.3) is 5.91 Å². The van der Waals surface area contributed by atoms with Crippen LogP contribution in [0.4, 0.5) is 5.95 Å². The molecule has 1 atom stereocenters. The molecule has 2 aromatic heterocycles. The Morgan fingerprint density at radius 2 is 2.04 bits per heavy atom. The van der Waals surface area contributed by atoms with Crippen LogP contribution in [0.25, 0.3) is 22.3 Å². The molecule has 4 N–H and O–H groups in total. The van der Waals surface area contributed by atoms with Gasteiger partial charge in [-0.1, -0.05) is 0 Å². The van der Waals surface area contributed by atoms with E-state index in [1.165, 1.54) is 6.92 Å². The Morgan fingerprint density at radius 3 is 2.76 bits per heavy atom. The molecule has 25 heavy (non-hydrogen) atoms. The maximum Gasteiger partial charge on any atom is 0.325 e. The summed E-state index contributed by atoms with van der Waals surface area (Å²) in [6.45, 7) is 1.42. The SMILES string of the molecule is CNc1nccc(-c2cc3cc(C(=O)NC(C)C(=O)O)ccc3[nH]2)n1. The van der Waals surface area contributed by atoms with Gasteiger partial charge in [-0.3, -0.25) is 9.59 Å². The van der Waals surface area contributed by atoms with Crippen molar-refractivity contribution in [3.63, 3.8) is 0 Å². The summed E-state index contributed by atoms with van der Waals surface area (Å²) in [5.41, 5.74) is 2.76. The predicted octanol–water partition coefficient (Wildman–Crippen LogP) is 1.87. The van der Waals surface area contributed by atoms with Crippen molar-refractivity contribution in [2.24, 2.45) is 0 Å². The van der Waals surface area contributed by atoms with Crippen molar-refractivity contribution in [3.8, 4) is 11.4 Å². The van der Waals surface area contributed by atoms with Gasteiger partial charge in [-0.25, -0.2) is 9.97 Å². The molecule has 2 heterocycles. The lowest BCUT2D eigenvalue weighted by atomic mass is 10.1. The van der Waals surface area contributed by atoms with Gasteiger partial charge in [-0.2, -0.15) is 0 Å². The summed E-state index contributed by atoms with van der Waals surface area (Å²) in [5, 5.41) is 15.0. The van der Waals surface area contributed by atoms with Crippen LogP contribution in [0, 0.1) is 0 Å². The number of carboxylic acids is 1. The number of carbonyl (C=O) groups is 2. The van der Waals surface area contributed by atoms with Crippen LogP contribution in [0.3, 0.4) is 0 Å². The van der Waals surface area contributed by atoms with Gasteiger partial charge in [0.2, 0.25) is 5.95 Å². The number of aliphatic carboxylic acids is 1. The van der Waals surface area contributed by atoms with E-state index in [4.69, 9.17) is 5.11 Å². The minimum atomic E-state index is -1.08. The quantitative estimate of drug-likeness (QED) is 0.563. The lowest BCUT2D eigenvalue weighted by Crippen LogP contribution is -2.38. The molecule has 0 bridgehead atoms. The van der Waals surface area contributed by atoms with E-state index in [2.05, 4.69) is 25.6 Å². The Labute approximate surface area is 143 Å². The molecule has 128 valence electrons. The number of aromatic amines is 1. The second-order valence-corrected chi connectivity index (χ2v) is 5.53. The predicted molar refractivity (Wildman–Crippen MR) is 93.4 cm³/mol. The maximum absolute atomic E-state index is 12.2. The largest absolute Gasteiger partial charge is 0.480 e. The minimum absolute atomic E-state index is 0.393. The second kappa shape index (κ2) is 6.60. The molecule has 1 aromatic carbocycles. The Hall–Kier alpha value is -3.42. The minimum Gasteiger partial charge on any atom is -0.480 e. The van der Waals surface area contributed by atoms with Gasteiger partial charge in [0.05, 0.1) is 11.4 Å². The zero-order valence-electron chi connectivity index (χ0n) is 13.7. The highest BCUT2D eigenvalue weighted by Crippen LogP contribution is 2.24. The van der Waals surface area contributed by atoms with Gasteiger partial charge < -0.3 is 20.7 Å². The van der Waals surface area contributed by atoms with E-state index in [-0.39, 0.29) is 0 Å². The summed E-state index contributed by atoms with van der Waals surface area (Å²) in [6.07, 6.45) is 1.66. The number of nitrogens with zero attached hydrogens (tertiary/aromatic N) is 2. The third-order valence-electron chi connectivity index (χ3n) is 3.76. The summed E-state index contributed by atoms with van der Waals surface area (Å²) >= 11 is 0. The topological polar surface area (TPSA) is 120 Å². The Balaban J connectivity index is 1.91. The number of amides is 1. The highest BCUT2D eigenvalue weighted by Gasteiger charge is 2.16. The molecule has 3 aromatic rings. The van der Waals surface area contributed by atoms with Crippen LogP contribution in [-0.4, -0.2) is 45.0 Å². The average molecular weight is 339 g/mol. The first-order valence-corrected chi connectivity index (χ1v) is 7.65. The highest BCUT2D eigenvalue weighted by atomic mass is 16.4. The van der Waals surface area contributed by atoms with E-state index in [1.54, 1.807) is 37.5 Å². The molecular weight excluding hydrogens is 322 g/mol. The fraction of sp³-hybridized carbons (Fsp3) is 0.176. The number of aromatic nitrogens is 3. The number of rotatable bonds is 5. The van der Waals surface area contributed by atoms with E-state index in [9.17, 15) is 9.59 Å². The van der Waals surface area contributed by atoms with Gasteiger partial charge in [0.1, 0.15) is 6.04 Å². The maximum atomic E-state index is 12.2. The van der Waals surface area contributed by atoms with E-state index >= 15 is 0 Å². The van der Waals surface area contributed by atoms with E-state index < -0.39 is 17.9 Å². The molecule has 8 nitrogen and oxygen atoms in total. The van der Waals surface area contributed by atoms with Crippen LogP contribution < -0.4 is 10.6 Å². The first-order valence-electron chi connectivity index (χ1n) is 7.65. The zero-order chi connectivity index (χ0) is 18.0. The second-order valence-electron chi connectivity index (χ2n) is 5.53. The number of H-pyrrole nitrogens is 1. The Morgan fingerprint density at radius 1 is 1.24 bits per heavy atom. The van der Waals surface area contributed by atoms with Crippen molar-refractivity contribution in [2.75, 3.05) is 12.4 Å². The number of benzene rings is 1. The van der Waals surface area contributed by atoms with Crippen molar-refractivity contribution < 1.29 is 14.7 Å². The lowest BCUT2D eigenvalue weighted by molar-refractivity contribution is -0.138. The molecule has 0 radical (unpaired) electrons. The summed E-state index contributed by atoms with van der Waals surface area (Å²) in [7, 11) is 1.74. The Kier molecular flexibility index (Phi) is 4.34. The van der Waals surface area contributed by atoms with Gasteiger partial charge >= 0.3 is 5.97 Å². The number of fused-ring (bicyclic) bond motifs is 1. The molecule has 0 fully saturated rings. The van der Waals surface area contributed by atoms with Crippen molar-refractivity contribution in [2.45, 2.75) is 13.0 Å². The molecule has 0 saturated carbocycles. The van der Waals surface area contributed by atoms with Crippen molar-refractivity contribution in [3.05, 3.63) is 42.1 Å². The molecule has 1 unspecified atom stereocenters. The lowest BCUT2D eigenvalue weighted by Gasteiger charge is -2.09. The zero-order valence-corrected chi connectivity index (χ0v) is 13.7. The van der Waals surface area contributed by atoms with Crippen LogP contribution >= 0.6 is 0 Å². The summed E-state index contributed by atoms with van der Waals surface area (Å²) in [5.74, 6) is -1.000. The fourth-order valence-corrected chi connectivity index (χ4v) is 2.38. The molecule has 8 heteroatoms. The molecule has 0 aliphatic carbocycles. The molecule has 0 spiro atoms. The molecule has 0 aliphatic rings.